The number of carbonyl (C=O) groups is 1. The van der Waals surface area contributed by atoms with Crippen LogP contribution in [0.5, 0.6) is 11.5 Å². The standard InChI is InChI=1S/C23H17NO8/c1-12-18(11-20(30-12)23(26)29-3)21-13(2)31-19-10-16(8-9-17(19)22(21)25)32-15-6-4-14(5-7-15)24(27)28/h4-11H,1-3H3. The molecule has 0 aliphatic carbocycles. The monoisotopic (exact) mass is 435 g/mol. The third kappa shape index (κ3) is 3.71. The molecule has 162 valence electrons. The van der Waals surface area contributed by atoms with E-state index in [0.29, 0.717) is 39.6 Å². The van der Waals surface area contributed by atoms with E-state index in [1.54, 1.807) is 32.0 Å². The molecule has 0 bridgehead atoms. The molecule has 2 aromatic heterocycles. The highest BCUT2D eigenvalue weighted by atomic mass is 16.6. The van der Waals surface area contributed by atoms with Crippen molar-refractivity contribution in [3.8, 4) is 22.6 Å². The number of benzene rings is 2. The van der Waals surface area contributed by atoms with Gasteiger partial charge in [-0.1, -0.05) is 0 Å². The first kappa shape index (κ1) is 20.9. The Morgan fingerprint density at radius 2 is 1.66 bits per heavy atom. The van der Waals surface area contributed by atoms with Crippen LogP contribution in [-0.2, 0) is 4.74 Å². The van der Waals surface area contributed by atoms with Gasteiger partial charge in [0, 0.05) is 23.8 Å². The average Bonchev–Trinajstić information content (AvgIpc) is 3.14. The van der Waals surface area contributed by atoms with E-state index >= 15 is 0 Å². The van der Waals surface area contributed by atoms with Crippen LogP contribution in [0.4, 0.5) is 5.69 Å². The van der Waals surface area contributed by atoms with Gasteiger partial charge in [0.05, 0.1) is 23.0 Å². The molecule has 2 heterocycles. The minimum absolute atomic E-state index is 0.00857. The molecule has 0 aliphatic rings. The van der Waals surface area contributed by atoms with E-state index in [4.69, 9.17) is 13.6 Å². The highest BCUT2D eigenvalue weighted by molar-refractivity contribution is 5.90. The smallest absolute Gasteiger partial charge is 0.373 e. The van der Waals surface area contributed by atoms with E-state index in [-0.39, 0.29) is 22.4 Å². The summed E-state index contributed by atoms with van der Waals surface area (Å²) >= 11 is 0. The van der Waals surface area contributed by atoms with E-state index in [2.05, 4.69) is 4.74 Å². The van der Waals surface area contributed by atoms with E-state index in [1.807, 2.05) is 0 Å². The van der Waals surface area contributed by atoms with Gasteiger partial charge in [0.15, 0.2) is 0 Å². The molecule has 0 saturated heterocycles. The van der Waals surface area contributed by atoms with Crippen molar-refractivity contribution in [3.63, 3.8) is 0 Å². The summed E-state index contributed by atoms with van der Waals surface area (Å²) in [5.41, 5.74) is 0.716. The number of furan rings is 1. The van der Waals surface area contributed by atoms with Crippen molar-refractivity contribution in [1.29, 1.82) is 0 Å². The number of non-ortho nitro benzene ring substituents is 1. The third-order valence-electron chi connectivity index (χ3n) is 4.90. The molecule has 0 aliphatic heterocycles. The van der Waals surface area contributed by atoms with Crippen molar-refractivity contribution in [2.75, 3.05) is 7.11 Å². The largest absolute Gasteiger partial charge is 0.463 e. The van der Waals surface area contributed by atoms with E-state index in [1.165, 1.54) is 37.4 Å². The Balaban J connectivity index is 1.72. The predicted molar refractivity (Wildman–Crippen MR) is 114 cm³/mol. The van der Waals surface area contributed by atoms with Crippen molar-refractivity contribution in [2.24, 2.45) is 0 Å². The molecule has 0 atom stereocenters. The van der Waals surface area contributed by atoms with E-state index < -0.39 is 10.9 Å². The predicted octanol–water partition coefficient (Wildman–Crippen LogP) is 5.16. The Bertz CT molecular complexity index is 1410. The van der Waals surface area contributed by atoms with Crippen LogP contribution in [0.1, 0.15) is 22.1 Å². The molecule has 0 fully saturated rings. The van der Waals surface area contributed by atoms with Crippen LogP contribution in [0.25, 0.3) is 22.1 Å². The van der Waals surface area contributed by atoms with E-state index in [9.17, 15) is 19.7 Å². The molecule has 9 nitrogen and oxygen atoms in total. The number of nitrogens with zero attached hydrogens (tertiary/aromatic N) is 1. The fraction of sp³-hybridized carbons (Fsp3) is 0.130. The number of nitro groups is 1. The maximum absolute atomic E-state index is 13.2. The van der Waals surface area contributed by atoms with E-state index in [0.717, 1.165) is 0 Å². The number of aryl methyl sites for hydroxylation is 2. The van der Waals surface area contributed by atoms with Gasteiger partial charge >= 0.3 is 5.97 Å². The zero-order valence-corrected chi connectivity index (χ0v) is 17.3. The second kappa shape index (κ2) is 8.03. The Hall–Kier alpha value is -4.40. The Labute approximate surface area is 180 Å². The zero-order chi connectivity index (χ0) is 23.0. The minimum Gasteiger partial charge on any atom is -0.463 e. The molecule has 0 radical (unpaired) electrons. The lowest BCUT2D eigenvalue weighted by atomic mass is 10.0. The summed E-state index contributed by atoms with van der Waals surface area (Å²) in [6.45, 7) is 3.29. The molecule has 4 aromatic rings. The SMILES string of the molecule is COC(=O)c1cc(-c2c(C)oc3cc(Oc4ccc([N+](=O)[O-])cc4)ccc3c2=O)c(C)o1. The number of hydrogen-bond acceptors (Lipinski definition) is 8. The molecule has 0 amide bonds. The van der Waals surface area contributed by atoms with Crippen molar-refractivity contribution >= 4 is 22.6 Å². The topological polar surface area (TPSA) is 122 Å². The molecule has 32 heavy (non-hydrogen) atoms. The first-order valence-electron chi connectivity index (χ1n) is 9.47. The summed E-state index contributed by atoms with van der Waals surface area (Å²) in [5.74, 6) is 0.874. The lowest BCUT2D eigenvalue weighted by Crippen LogP contribution is -2.07. The van der Waals surface area contributed by atoms with Crippen LogP contribution >= 0.6 is 0 Å². The summed E-state index contributed by atoms with van der Waals surface area (Å²) in [7, 11) is 1.24. The minimum atomic E-state index is -0.643. The summed E-state index contributed by atoms with van der Waals surface area (Å²) in [4.78, 5) is 35.2. The quantitative estimate of drug-likeness (QED) is 0.239. The number of esters is 1. The highest BCUT2D eigenvalue weighted by Crippen LogP contribution is 2.32. The molecule has 0 N–H and O–H groups in total. The van der Waals surface area contributed by atoms with Gasteiger partial charge in [-0.3, -0.25) is 14.9 Å². The molecule has 9 heteroatoms. The highest BCUT2D eigenvalue weighted by Gasteiger charge is 2.22. The van der Waals surface area contributed by atoms with Crippen molar-refractivity contribution in [1.82, 2.24) is 0 Å². The number of fused-ring (bicyclic) bond motifs is 1. The number of methoxy groups -OCH3 is 1. The van der Waals surface area contributed by atoms with Crippen LogP contribution in [0.3, 0.4) is 0 Å². The Kier molecular flexibility index (Phi) is 5.23. The van der Waals surface area contributed by atoms with Gasteiger partial charge < -0.3 is 18.3 Å². The fourth-order valence-corrected chi connectivity index (χ4v) is 3.36. The third-order valence-corrected chi connectivity index (χ3v) is 4.90. The summed E-state index contributed by atoms with van der Waals surface area (Å²) < 4.78 is 21.7. The maximum atomic E-state index is 13.2. The number of hydrogen-bond donors (Lipinski definition) is 0. The first-order valence-corrected chi connectivity index (χ1v) is 9.47. The first-order chi connectivity index (χ1) is 15.3. The van der Waals surface area contributed by atoms with Crippen molar-refractivity contribution < 1.29 is 28.0 Å². The Morgan fingerprint density at radius 3 is 2.31 bits per heavy atom. The maximum Gasteiger partial charge on any atom is 0.373 e. The average molecular weight is 435 g/mol. The van der Waals surface area contributed by atoms with Gasteiger partial charge in [0.1, 0.15) is 28.6 Å². The second-order valence-electron chi connectivity index (χ2n) is 6.95. The van der Waals surface area contributed by atoms with Crippen LogP contribution in [-0.4, -0.2) is 18.0 Å². The summed E-state index contributed by atoms with van der Waals surface area (Å²) in [6.07, 6.45) is 0. The van der Waals surface area contributed by atoms with Crippen LogP contribution in [0, 0.1) is 24.0 Å². The molecule has 0 spiro atoms. The number of nitro benzene ring substituents is 1. The van der Waals surface area contributed by atoms with Gasteiger partial charge in [-0.15, -0.1) is 0 Å². The normalized spacial score (nSPS) is 10.8. The van der Waals surface area contributed by atoms with Gasteiger partial charge in [-0.25, -0.2) is 4.79 Å². The van der Waals surface area contributed by atoms with Gasteiger partial charge in [0.2, 0.25) is 11.2 Å². The van der Waals surface area contributed by atoms with Gasteiger partial charge in [0.25, 0.3) is 5.69 Å². The van der Waals surface area contributed by atoms with Gasteiger partial charge in [-0.2, -0.15) is 0 Å². The van der Waals surface area contributed by atoms with Crippen molar-refractivity contribution in [2.45, 2.75) is 13.8 Å². The van der Waals surface area contributed by atoms with Gasteiger partial charge in [-0.05, 0) is 44.2 Å². The molecular weight excluding hydrogens is 418 g/mol. The van der Waals surface area contributed by atoms with Crippen LogP contribution in [0.15, 0.2) is 62.2 Å². The van der Waals surface area contributed by atoms with Crippen molar-refractivity contribution in [3.05, 3.63) is 86.1 Å². The Morgan fingerprint density at radius 1 is 0.969 bits per heavy atom. The fourth-order valence-electron chi connectivity index (χ4n) is 3.36. The second-order valence-corrected chi connectivity index (χ2v) is 6.95. The lowest BCUT2D eigenvalue weighted by Gasteiger charge is -2.09. The lowest BCUT2D eigenvalue weighted by molar-refractivity contribution is -0.384. The summed E-state index contributed by atoms with van der Waals surface area (Å²) in [5, 5.41) is 11.1. The number of rotatable bonds is 5. The number of carbonyl (C=O) groups excluding carboxylic acids is 1. The molecule has 0 saturated carbocycles. The molecule has 0 unspecified atom stereocenters. The molecule has 2 aromatic carbocycles. The molecular formula is C23H17NO8. The summed E-state index contributed by atoms with van der Waals surface area (Å²) in [6, 6.07) is 11.8. The van der Waals surface area contributed by atoms with Crippen LogP contribution < -0.4 is 10.2 Å². The molecule has 4 rings (SSSR count). The zero-order valence-electron chi connectivity index (χ0n) is 17.3. The number of ether oxygens (including phenoxy) is 2. The van der Waals surface area contributed by atoms with Crippen LogP contribution in [0.2, 0.25) is 0 Å².